The zero-order valence-corrected chi connectivity index (χ0v) is 11.5. The first-order valence-electron chi connectivity index (χ1n) is 7.21. The lowest BCUT2D eigenvalue weighted by Crippen LogP contribution is -2.61. The molecule has 2 atom stereocenters. The largest absolute Gasteiger partial charge is 0.381 e. The first-order valence-corrected chi connectivity index (χ1v) is 7.21. The Balaban J connectivity index is 2.09. The van der Waals surface area contributed by atoms with Crippen LogP contribution >= 0.6 is 0 Å². The molecule has 0 radical (unpaired) electrons. The van der Waals surface area contributed by atoms with Crippen molar-refractivity contribution in [2.45, 2.75) is 57.0 Å². The molecule has 2 rings (SSSR count). The summed E-state index contributed by atoms with van der Waals surface area (Å²) in [6.45, 7) is 5.04. The smallest absolute Gasteiger partial charge is 0.0480 e. The second-order valence-electron chi connectivity index (χ2n) is 5.91. The fourth-order valence-electron chi connectivity index (χ4n) is 3.80. The van der Waals surface area contributed by atoms with Gasteiger partial charge in [-0.3, -0.25) is 4.90 Å². The Kier molecular flexibility index (Phi) is 4.45. The second-order valence-corrected chi connectivity index (χ2v) is 5.91. The van der Waals surface area contributed by atoms with Crippen LogP contribution in [0.4, 0.5) is 0 Å². The molecule has 1 aliphatic heterocycles. The quantitative estimate of drug-likeness (QED) is 0.820. The van der Waals surface area contributed by atoms with Gasteiger partial charge in [-0.15, -0.1) is 0 Å². The van der Waals surface area contributed by atoms with Crippen LogP contribution < -0.4 is 5.73 Å². The summed E-state index contributed by atoms with van der Waals surface area (Å²) in [7, 11) is 2.30. The molecule has 2 unspecified atom stereocenters. The van der Waals surface area contributed by atoms with E-state index in [2.05, 4.69) is 18.9 Å². The van der Waals surface area contributed by atoms with E-state index in [1.54, 1.807) is 0 Å². The van der Waals surface area contributed by atoms with Gasteiger partial charge in [0.2, 0.25) is 0 Å². The van der Waals surface area contributed by atoms with E-state index >= 15 is 0 Å². The fraction of sp³-hybridized carbons (Fsp3) is 1.00. The standard InChI is InChI=1S/C14H28N2O/c1-12-5-3-4-8-14(12,11-15)16(2)13-6-9-17-10-7-13/h12-13H,3-11,15H2,1-2H3. The van der Waals surface area contributed by atoms with Gasteiger partial charge in [-0.25, -0.2) is 0 Å². The highest BCUT2D eigenvalue weighted by Crippen LogP contribution is 2.39. The van der Waals surface area contributed by atoms with E-state index < -0.39 is 0 Å². The van der Waals surface area contributed by atoms with Crippen molar-refractivity contribution in [1.82, 2.24) is 4.90 Å². The van der Waals surface area contributed by atoms with Crippen LogP contribution in [0.5, 0.6) is 0 Å². The molecule has 3 nitrogen and oxygen atoms in total. The minimum Gasteiger partial charge on any atom is -0.381 e. The van der Waals surface area contributed by atoms with Gasteiger partial charge in [0.1, 0.15) is 0 Å². The summed E-state index contributed by atoms with van der Waals surface area (Å²) in [5.41, 5.74) is 6.41. The highest BCUT2D eigenvalue weighted by atomic mass is 16.5. The summed E-state index contributed by atoms with van der Waals surface area (Å²) in [4.78, 5) is 2.61. The van der Waals surface area contributed by atoms with Gasteiger partial charge in [0, 0.05) is 31.3 Å². The topological polar surface area (TPSA) is 38.5 Å². The van der Waals surface area contributed by atoms with E-state index in [9.17, 15) is 0 Å². The van der Waals surface area contributed by atoms with Gasteiger partial charge in [0.05, 0.1) is 0 Å². The predicted octanol–water partition coefficient (Wildman–Crippen LogP) is 2.00. The summed E-state index contributed by atoms with van der Waals surface area (Å²) in [5, 5.41) is 0. The Hall–Kier alpha value is -0.120. The summed E-state index contributed by atoms with van der Waals surface area (Å²) >= 11 is 0. The molecule has 1 saturated heterocycles. The van der Waals surface area contributed by atoms with Gasteiger partial charge in [-0.2, -0.15) is 0 Å². The van der Waals surface area contributed by atoms with Crippen molar-refractivity contribution in [3.8, 4) is 0 Å². The Labute approximate surface area is 106 Å². The molecule has 1 aliphatic carbocycles. The van der Waals surface area contributed by atoms with Crippen LogP contribution in [0.3, 0.4) is 0 Å². The molecule has 0 aromatic rings. The summed E-state index contributed by atoms with van der Waals surface area (Å²) in [5.74, 6) is 0.731. The van der Waals surface area contributed by atoms with E-state index in [4.69, 9.17) is 10.5 Å². The van der Waals surface area contributed by atoms with E-state index in [0.29, 0.717) is 6.04 Å². The van der Waals surface area contributed by atoms with Gasteiger partial charge in [0.25, 0.3) is 0 Å². The lowest BCUT2D eigenvalue weighted by molar-refractivity contribution is -0.0383. The minimum absolute atomic E-state index is 0.250. The molecule has 3 heteroatoms. The van der Waals surface area contributed by atoms with Crippen LogP contribution in [0, 0.1) is 5.92 Å². The van der Waals surface area contributed by atoms with E-state index in [-0.39, 0.29) is 5.54 Å². The van der Waals surface area contributed by atoms with Crippen molar-refractivity contribution in [3.05, 3.63) is 0 Å². The van der Waals surface area contributed by atoms with Crippen molar-refractivity contribution in [3.63, 3.8) is 0 Å². The van der Waals surface area contributed by atoms with E-state index in [1.165, 1.54) is 38.5 Å². The first-order chi connectivity index (χ1) is 8.20. The number of nitrogens with zero attached hydrogens (tertiary/aromatic N) is 1. The molecule has 0 bridgehead atoms. The minimum atomic E-state index is 0.250. The van der Waals surface area contributed by atoms with Crippen molar-refractivity contribution in [2.75, 3.05) is 26.8 Å². The molecule has 0 aromatic heterocycles. The molecule has 0 amide bonds. The van der Waals surface area contributed by atoms with Gasteiger partial charge in [-0.1, -0.05) is 19.8 Å². The monoisotopic (exact) mass is 240 g/mol. The predicted molar refractivity (Wildman–Crippen MR) is 71.0 cm³/mol. The average molecular weight is 240 g/mol. The molecule has 2 fully saturated rings. The van der Waals surface area contributed by atoms with E-state index in [0.717, 1.165) is 25.7 Å². The first kappa shape index (κ1) is 13.3. The van der Waals surface area contributed by atoms with Crippen molar-refractivity contribution < 1.29 is 4.74 Å². The Morgan fingerprint density at radius 2 is 1.94 bits per heavy atom. The average Bonchev–Trinajstić information content (AvgIpc) is 2.40. The molecule has 17 heavy (non-hydrogen) atoms. The summed E-state index contributed by atoms with van der Waals surface area (Å²) in [6, 6.07) is 0.674. The molecule has 2 aliphatic rings. The lowest BCUT2D eigenvalue weighted by Gasteiger charge is -2.52. The van der Waals surface area contributed by atoms with Crippen LogP contribution in [-0.4, -0.2) is 43.3 Å². The van der Waals surface area contributed by atoms with Crippen LogP contribution in [0.2, 0.25) is 0 Å². The number of ether oxygens (including phenoxy) is 1. The van der Waals surface area contributed by atoms with Gasteiger partial charge >= 0.3 is 0 Å². The van der Waals surface area contributed by atoms with Gasteiger partial charge in [-0.05, 0) is 38.6 Å². The maximum Gasteiger partial charge on any atom is 0.0480 e. The third-order valence-electron chi connectivity index (χ3n) is 5.21. The van der Waals surface area contributed by atoms with Crippen molar-refractivity contribution in [2.24, 2.45) is 11.7 Å². The molecule has 1 saturated carbocycles. The molecule has 1 heterocycles. The Morgan fingerprint density at radius 1 is 1.24 bits per heavy atom. The SMILES string of the molecule is CC1CCCCC1(CN)N(C)C1CCOCC1. The van der Waals surface area contributed by atoms with E-state index in [1.807, 2.05) is 0 Å². The number of hydrogen-bond acceptors (Lipinski definition) is 3. The highest BCUT2D eigenvalue weighted by molar-refractivity contribution is 4.99. The van der Waals surface area contributed by atoms with Gasteiger partial charge < -0.3 is 10.5 Å². The van der Waals surface area contributed by atoms with Crippen LogP contribution in [0.25, 0.3) is 0 Å². The maximum atomic E-state index is 6.16. The van der Waals surface area contributed by atoms with Crippen LogP contribution in [0.1, 0.15) is 45.4 Å². The molecule has 0 spiro atoms. The molecular weight excluding hydrogens is 212 g/mol. The third kappa shape index (κ3) is 2.51. The van der Waals surface area contributed by atoms with Gasteiger partial charge in [0.15, 0.2) is 0 Å². The zero-order valence-electron chi connectivity index (χ0n) is 11.5. The van der Waals surface area contributed by atoms with Crippen molar-refractivity contribution in [1.29, 1.82) is 0 Å². The molecule has 0 aromatic carbocycles. The number of nitrogens with two attached hydrogens (primary N) is 1. The zero-order chi connectivity index (χ0) is 12.3. The van der Waals surface area contributed by atoms with Crippen molar-refractivity contribution >= 4 is 0 Å². The Bertz CT molecular complexity index is 240. The molecule has 100 valence electrons. The molecule has 2 N–H and O–H groups in total. The summed E-state index contributed by atoms with van der Waals surface area (Å²) < 4.78 is 5.47. The fourth-order valence-corrected chi connectivity index (χ4v) is 3.80. The maximum absolute atomic E-state index is 6.16. The normalized spacial score (nSPS) is 36.4. The van der Waals surface area contributed by atoms with Crippen LogP contribution in [0.15, 0.2) is 0 Å². The summed E-state index contributed by atoms with van der Waals surface area (Å²) in [6.07, 6.45) is 7.68. The third-order valence-corrected chi connectivity index (χ3v) is 5.21. The molecular formula is C14H28N2O. The number of likely N-dealkylation sites (N-methyl/N-ethyl adjacent to an activating group) is 1. The van der Waals surface area contributed by atoms with Crippen LogP contribution in [-0.2, 0) is 4.74 Å². The lowest BCUT2D eigenvalue weighted by atomic mass is 9.71. The number of hydrogen-bond donors (Lipinski definition) is 1. The second kappa shape index (κ2) is 5.68. The highest BCUT2D eigenvalue weighted by Gasteiger charge is 2.43. The Morgan fingerprint density at radius 3 is 2.53 bits per heavy atom. The number of rotatable bonds is 3.